The first kappa shape index (κ1) is 9.41. The van der Waals surface area contributed by atoms with Gasteiger partial charge in [-0.25, -0.2) is 0 Å². The van der Waals surface area contributed by atoms with Crippen LogP contribution in [0.3, 0.4) is 0 Å². The van der Waals surface area contributed by atoms with E-state index in [0.717, 1.165) is 21.8 Å². The fraction of sp³-hybridized carbons (Fsp3) is 0. The molecule has 86 valence electrons. The number of hydrogen-bond donors (Lipinski definition) is 2. The van der Waals surface area contributed by atoms with Crippen LogP contribution in [0.25, 0.3) is 21.8 Å². The molecule has 0 saturated carbocycles. The summed E-state index contributed by atoms with van der Waals surface area (Å²) in [6, 6.07) is 11.4. The van der Waals surface area contributed by atoms with Crippen molar-refractivity contribution in [3.05, 3.63) is 47.5 Å². The second-order valence-corrected chi connectivity index (χ2v) is 4.36. The fourth-order valence-electron chi connectivity index (χ4n) is 2.58. The Morgan fingerprint density at radius 3 is 2.56 bits per heavy atom. The molecule has 4 rings (SSSR count). The molecule has 1 aliphatic rings. The smallest absolute Gasteiger partial charge is 0.261 e. The monoisotopic (exact) mass is 236 g/mol. The Labute approximate surface area is 102 Å². The van der Waals surface area contributed by atoms with E-state index in [0.29, 0.717) is 11.1 Å². The zero-order valence-corrected chi connectivity index (χ0v) is 9.28. The predicted octanol–water partition coefficient (Wildman–Crippen LogP) is 2.20. The van der Waals surface area contributed by atoms with Crippen LogP contribution < -0.4 is 5.32 Å². The number of amides is 2. The number of carbonyl (C=O) groups excluding carboxylic acids is 2. The Balaban J connectivity index is 2.25. The summed E-state index contributed by atoms with van der Waals surface area (Å²) in [7, 11) is 0. The fourth-order valence-corrected chi connectivity index (χ4v) is 2.58. The first-order chi connectivity index (χ1) is 8.75. The highest BCUT2D eigenvalue weighted by atomic mass is 16.2. The Morgan fingerprint density at radius 1 is 0.833 bits per heavy atom. The van der Waals surface area contributed by atoms with E-state index in [1.807, 2.05) is 30.3 Å². The second-order valence-electron chi connectivity index (χ2n) is 4.36. The zero-order chi connectivity index (χ0) is 12.3. The number of carbonyl (C=O) groups is 2. The summed E-state index contributed by atoms with van der Waals surface area (Å²) in [5.74, 6) is -0.650. The lowest BCUT2D eigenvalue weighted by molar-refractivity contribution is 0.0880. The minimum Gasteiger partial charge on any atom is -0.354 e. The molecule has 0 saturated heterocycles. The maximum atomic E-state index is 11.8. The second kappa shape index (κ2) is 2.98. The highest BCUT2D eigenvalue weighted by molar-refractivity contribution is 6.28. The highest BCUT2D eigenvalue weighted by Gasteiger charge is 2.29. The number of hydrogen-bond acceptors (Lipinski definition) is 2. The number of para-hydroxylation sites is 1. The van der Waals surface area contributed by atoms with Gasteiger partial charge in [0.25, 0.3) is 11.8 Å². The van der Waals surface area contributed by atoms with Crippen LogP contribution in [-0.4, -0.2) is 16.8 Å². The average Bonchev–Trinajstić information content (AvgIpc) is 2.88. The van der Waals surface area contributed by atoms with E-state index >= 15 is 0 Å². The number of imide groups is 1. The van der Waals surface area contributed by atoms with Crippen LogP contribution in [0, 0.1) is 0 Å². The summed E-state index contributed by atoms with van der Waals surface area (Å²) in [5.41, 5.74) is 2.60. The van der Waals surface area contributed by atoms with Crippen LogP contribution in [0.15, 0.2) is 36.4 Å². The Hall–Kier alpha value is -2.62. The number of benzene rings is 2. The van der Waals surface area contributed by atoms with E-state index in [4.69, 9.17) is 0 Å². The first-order valence-corrected chi connectivity index (χ1v) is 5.65. The van der Waals surface area contributed by atoms with Crippen LogP contribution in [-0.2, 0) is 0 Å². The quantitative estimate of drug-likeness (QED) is 0.588. The molecule has 0 bridgehead atoms. The van der Waals surface area contributed by atoms with Crippen LogP contribution >= 0.6 is 0 Å². The lowest BCUT2D eigenvalue weighted by Crippen LogP contribution is -2.20. The molecule has 0 radical (unpaired) electrons. The summed E-state index contributed by atoms with van der Waals surface area (Å²) >= 11 is 0. The molecule has 2 N–H and O–H groups in total. The number of H-pyrrole nitrogens is 1. The minimum absolute atomic E-state index is 0.324. The van der Waals surface area contributed by atoms with Gasteiger partial charge >= 0.3 is 0 Å². The lowest BCUT2D eigenvalue weighted by Gasteiger charge is -1.96. The largest absolute Gasteiger partial charge is 0.354 e. The highest BCUT2D eigenvalue weighted by Crippen LogP contribution is 2.31. The average molecular weight is 236 g/mol. The maximum Gasteiger partial charge on any atom is 0.261 e. The van der Waals surface area contributed by atoms with Crippen molar-refractivity contribution in [2.45, 2.75) is 0 Å². The molecular formula is C14H8N2O2. The van der Waals surface area contributed by atoms with Crippen molar-refractivity contribution in [2.75, 3.05) is 0 Å². The van der Waals surface area contributed by atoms with E-state index in [2.05, 4.69) is 10.3 Å². The third kappa shape index (κ3) is 0.996. The number of aromatic amines is 1. The van der Waals surface area contributed by atoms with Crippen molar-refractivity contribution in [2.24, 2.45) is 0 Å². The van der Waals surface area contributed by atoms with Gasteiger partial charge in [-0.15, -0.1) is 0 Å². The van der Waals surface area contributed by atoms with E-state index in [-0.39, 0.29) is 11.8 Å². The Kier molecular flexibility index (Phi) is 1.56. The number of fused-ring (bicyclic) bond motifs is 5. The minimum atomic E-state index is -0.327. The molecule has 0 spiro atoms. The van der Waals surface area contributed by atoms with Crippen molar-refractivity contribution < 1.29 is 9.59 Å². The predicted molar refractivity (Wildman–Crippen MR) is 67.6 cm³/mol. The number of nitrogens with one attached hydrogen (secondary N) is 2. The molecule has 0 aliphatic carbocycles. The molecule has 1 aliphatic heterocycles. The lowest BCUT2D eigenvalue weighted by atomic mass is 10.0. The van der Waals surface area contributed by atoms with Crippen molar-refractivity contribution in [3.8, 4) is 0 Å². The zero-order valence-electron chi connectivity index (χ0n) is 9.28. The Bertz CT molecular complexity index is 845. The molecule has 18 heavy (non-hydrogen) atoms. The topological polar surface area (TPSA) is 62.0 Å². The summed E-state index contributed by atoms with van der Waals surface area (Å²) < 4.78 is 0. The molecule has 4 heteroatoms. The molecule has 0 unspecified atom stereocenters. The van der Waals surface area contributed by atoms with Crippen LogP contribution in [0.5, 0.6) is 0 Å². The van der Waals surface area contributed by atoms with Crippen LogP contribution in [0.2, 0.25) is 0 Å². The van der Waals surface area contributed by atoms with Crippen molar-refractivity contribution >= 4 is 33.6 Å². The van der Waals surface area contributed by atoms with Gasteiger partial charge in [0, 0.05) is 16.3 Å². The SMILES string of the molecule is O=C1NC(=O)c2c1ccc1c2[nH]c2ccccc21. The van der Waals surface area contributed by atoms with E-state index in [9.17, 15) is 9.59 Å². The summed E-state index contributed by atoms with van der Waals surface area (Å²) in [6.07, 6.45) is 0. The van der Waals surface area contributed by atoms with Gasteiger partial charge < -0.3 is 4.98 Å². The summed E-state index contributed by atoms with van der Waals surface area (Å²) in [5, 5.41) is 4.35. The van der Waals surface area contributed by atoms with Crippen molar-refractivity contribution in [1.29, 1.82) is 0 Å². The molecular weight excluding hydrogens is 228 g/mol. The molecule has 2 aromatic carbocycles. The maximum absolute atomic E-state index is 11.8. The molecule has 0 atom stereocenters. The van der Waals surface area contributed by atoms with Gasteiger partial charge in [0.05, 0.1) is 16.6 Å². The molecule has 2 amide bonds. The normalized spacial score (nSPS) is 14.2. The third-order valence-corrected chi connectivity index (χ3v) is 3.38. The van der Waals surface area contributed by atoms with E-state index in [1.165, 1.54) is 0 Å². The van der Waals surface area contributed by atoms with Gasteiger partial charge in [0.15, 0.2) is 0 Å². The number of rotatable bonds is 0. The van der Waals surface area contributed by atoms with Gasteiger partial charge in [-0.2, -0.15) is 0 Å². The summed E-state index contributed by atoms with van der Waals surface area (Å²) in [6.45, 7) is 0. The summed E-state index contributed by atoms with van der Waals surface area (Å²) in [4.78, 5) is 26.6. The first-order valence-electron chi connectivity index (χ1n) is 5.65. The molecule has 2 heterocycles. The van der Waals surface area contributed by atoms with Crippen LogP contribution in [0.1, 0.15) is 20.7 Å². The molecule has 4 nitrogen and oxygen atoms in total. The van der Waals surface area contributed by atoms with E-state index < -0.39 is 0 Å². The van der Waals surface area contributed by atoms with Gasteiger partial charge in [0.1, 0.15) is 0 Å². The Morgan fingerprint density at radius 2 is 1.67 bits per heavy atom. The third-order valence-electron chi connectivity index (χ3n) is 3.38. The van der Waals surface area contributed by atoms with Crippen LogP contribution in [0.4, 0.5) is 0 Å². The number of aromatic nitrogens is 1. The van der Waals surface area contributed by atoms with E-state index in [1.54, 1.807) is 6.07 Å². The molecule has 1 aromatic heterocycles. The van der Waals surface area contributed by atoms with Gasteiger partial charge in [0.2, 0.25) is 0 Å². The molecule has 0 fully saturated rings. The molecule has 3 aromatic rings. The van der Waals surface area contributed by atoms with Crippen molar-refractivity contribution in [3.63, 3.8) is 0 Å². The standard InChI is InChI=1S/C14H8N2O2/c17-13-9-6-5-8-7-3-1-2-4-10(7)15-12(8)11(9)14(18)16-13/h1-6,15H,(H,16,17,18). The van der Waals surface area contributed by atoms with Crippen molar-refractivity contribution in [1.82, 2.24) is 10.3 Å². The van der Waals surface area contributed by atoms with Gasteiger partial charge in [-0.1, -0.05) is 24.3 Å². The van der Waals surface area contributed by atoms with Gasteiger partial charge in [-0.05, 0) is 12.1 Å². The van der Waals surface area contributed by atoms with Gasteiger partial charge in [-0.3, -0.25) is 14.9 Å².